The molecule has 4 aromatic rings. The molecule has 1 aliphatic heterocycles. The molecule has 150 valence electrons. The van der Waals surface area contributed by atoms with Crippen LogP contribution in [0, 0.1) is 0 Å². The molecule has 5 rings (SSSR count). The van der Waals surface area contributed by atoms with E-state index < -0.39 is 0 Å². The Balaban J connectivity index is 1.69. The number of nitrogens with zero attached hydrogens (tertiary/aromatic N) is 3. The maximum Gasteiger partial charge on any atom is 0.271 e. The molecule has 6 heteroatoms. The Labute approximate surface area is 182 Å². The van der Waals surface area contributed by atoms with Gasteiger partial charge in [0, 0.05) is 11.1 Å². The van der Waals surface area contributed by atoms with Crippen LogP contribution >= 0.6 is 11.3 Å². The Hall–Kier alpha value is -3.90. The number of rotatable bonds is 4. The van der Waals surface area contributed by atoms with E-state index in [1.54, 1.807) is 16.7 Å². The van der Waals surface area contributed by atoms with Crippen LogP contribution in [0.25, 0.3) is 6.08 Å². The number of aldehydes is 1. The van der Waals surface area contributed by atoms with Gasteiger partial charge in [-0.2, -0.15) is 0 Å². The van der Waals surface area contributed by atoms with Gasteiger partial charge >= 0.3 is 0 Å². The van der Waals surface area contributed by atoms with Crippen LogP contribution in [0.1, 0.15) is 33.1 Å². The third-order valence-corrected chi connectivity index (χ3v) is 6.13. The van der Waals surface area contributed by atoms with Gasteiger partial charge in [0.05, 0.1) is 10.2 Å². The number of aromatic nitrogens is 1. The summed E-state index contributed by atoms with van der Waals surface area (Å²) in [7, 11) is 0. The normalized spacial score (nSPS) is 15.7. The average Bonchev–Trinajstić information content (AvgIpc) is 3.15. The molecule has 3 aromatic carbocycles. The fourth-order valence-corrected chi connectivity index (χ4v) is 4.59. The van der Waals surface area contributed by atoms with E-state index in [1.165, 1.54) is 11.3 Å². The number of carbonyl (C=O) groups excluding carboxylic acids is 1. The quantitative estimate of drug-likeness (QED) is 0.473. The minimum atomic E-state index is -0.362. The third kappa shape index (κ3) is 3.58. The van der Waals surface area contributed by atoms with Gasteiger partial charge in [0.2, 0.25) is 4.80 Å². The molecule has 0 amide bonds. The van der Waals surface area contributed by atoms with E-state index in [2.05, 4.69) is 10.2 Å². The largest absolute Gasteiger partial charge is 0.298 e. The molecular formula is C25H17N3O2S. The smallest absolute Gasteiger partial charge is 0.271 e. The van der Waals surface area contributed by atoms with Crippen molar-refractivity contribution in [1.29, 1.82) is 0 Å². The van der Waals surface area contributed by atoms with Gasteiger partial charge in [-0.15, -0.1) is 10.2 Å². The Bertz CT molecular complexity index is 1450. The van der Waals surface area contributed by atoms with E-state index in [4.69, 9.17) is 0 Å². The Morgan fingerprint density at radius 3 is 2.13 bits per heavy atom. The number of hydrogen-bond donors (Lipinski definition) is 0. The highest BCUT2D eigenvalue weighted by atomic mass is 32.1. The zero-order valence-corrected chi connectivity index (χ0v) is 17.2. The van der Waals surface area contributed by atoms with Crippen molar-refractivity contribution in [2.45, 2.75) is 6.04 Å². The van der Waals surface area contributed by atoms with E-state index in [1.807, 2.05) is 78.9 Å². The molecule has 0 aliphatic carbocycles. The Kier molecular flexibility index (Phi) is 4.98. The first-order valence-electron chi connectivity index (χ1n) is 9.79. The van der Waals surface area contributed by atoms with E-state index in [9.17, 15) is 9.59 Å². The van der Waals surface area contributed by atoms with Gasteiger partial charge in [-0.3, -0.25) is 14.2 Å². The van der Waals surface area contributed by atoms with Gasteiger partial charge in [-0.05, 0) is 17.2 Å². The average molecular weight is 423 g/mol. The van der Waals surface area contributed by atoms with Crippen molar-refractivity contribution in [3.05, 3.63) is 127 Å². The van der Waals surface area contributed by atoms with E-state index in [-0.39, 0.29) is 11.6 Å². The van der Waals surface area contributed by atoms with Gasteiger partial charge in [0.25, 0.3) is 5.56 Å². The molecule has 5 nitrogen and oxygen atoms in total. The molecule has 1 atom stereocenters. The lowest BCUT2D eigenvalue weighted by Crippen LogP contribution is -2.40. The van der Waals surface area contributed by atoms with Crippen LogP contribution in [0.15, 0.2) is 99.9 Å². The number of benzene rings is 3. The Morgan fingerprint density at radius 2 is 1.45 bits per heavy atom. The summed E-state index contributed by atoms with van der Waals surface area (Å²) in [6.45, 7) is 0. The summed E-state index contributed by atoms with van der Waals surface area (Å²) in [4.78, 5) is 24.9. The predicted molar refractivity (Wildman–Crippen MR) is 122 cm³/mol. The molecule has 0 unspecified atom stereocenters. The summed E-state index contributed by atoms with van der Waals surface area (Å²) in [6.07, 6.45) is 2.63. The van der Waals surface area contributed by atoms with Gasteiger partial charge in [0.15, 0.2) is 0 Å². The van der Waals surface area contributed by atoms with Crippen LogP contribution in [-0.4, -0.2) is 16.6 Å². The maximum absolute atomic E-state index is 13.5. The lowest BCUT2D eigenvalue weighted by atomic mass is 9.96. The summed E-state index contributed by atoms with van der Waals surface area (Å²) in [5.41, 5.74) is 3.98. The molecule has 0 saturated carbocycles. The monoisotopic (exact) mass is 423 g/mol. The van der Waals surface area contributed by atoms with Gasteiger partial charge in [0.1, 0.15) is 12.3 Å². The summed E-state index contributed by atoms with van der Waals surface area (Å²) < 4.78 is 2.30. The molecule has 1 aliphatic rings. The second kappa shape index (κ2) is 8.08. The predicted octanol–water partition coefficient (Wildman–Crippen LogP) is 3.18. The van der Waals surface area contributed by atoms with Crippen LogP contribution in [0.4, 0.5) is 0 Å². The molecule has 31 heavy (non-hydrogen) atoms. The standard InChI is InChI=1S/C25H17N3O2S/c29-16-18-13-11-17(12-14-18)15-21-24(30)28-23(20-9-5-2-6-10-20)22(26-27-25(28)31-21)19-7-3-1-4-8-19/h1-16,23H/b21-15+/t23-/m1/s1. The number of carbonyl (C=O) groups is 1. The summed E-state index contributed by atoms with van der Waals surface area (Å²) in [5.74, 6) is 0. The number of fused-ring (bicyclic) bond motifs is 1. The first-order chi connectivity index (χ1) is 15.2. The van der Waals surface area contributed by atoms with Crippen molar-refractivity contribution < 1.29 is 4.79 Å². The summed E-state index contributed by atoms with van der Waals surface area (Å²) >= 11 is 1.31. The van der Waals surface area contributed by atoms with E-state index in [0.717, 1.165) is 28.7 Å². The SMILES string of the molecule is O=Cc1ccc(/C=c2/sc3n(c2=O)[C@H](c2ccccc2)C(c2ccccc2)=NN=3)cc1. The van der Waals surface area contributed by atoms with Crippen molar-refractivity contribution >= 4 is 29.4 Å². The van der Waals surface area contributed by atoms with Crippen LogP contribution in [0.3, 0.4) is 0 Å². The van der Waals surface area contributed by atoms with Gasteiger partial charge in [-0.25, -0.2) is 0 Å². The van der Waals surface area contributed by atoms with Crippen LogP contribution in [-0.2, 0) is 0 Å². The minimum Gasteiger partial charge on any atom is -0.298 e. The lowest BCUT2D eigenvalue weighted by Gasteiger charge is -2.22. The molecule has 0 N–H and O–H groups in total. The maximum atomic E-state index is 13.5. The highest BCUT2D eigenvalue weighted by Crippen LogP contribution is 2.23. The second-order valence-electron chi connectivity index (χ2n) is 7.12. The second-order valence-corrected chi connectivity index (χ2v) is 8.13. The first kappa shape index (κ1) is 19.1. The molecule has 0 fully saturated rings. The van der Waals surface area contributed by atoms with Gasteiger partial charge in [-0.1, -0.05) is 96.3 Å². The molecule has 0 radical (unpaired) electrons. The molecule has 1 aromatic heterocycles. The number of hydrogen-bond acceptors (Lipinski definition) is 5. The first-order valence-corrected chi connectivity index (χ1v) is 10.6. The van der Waals surface area contributed by atoms with E-state index >= 15 is 0 Å². The van der Waals surface area contributed by atoms with Crippen LogP contribution < -0.4 is 14.9 Å². The molecule has 0 bridgehead atoms. The Morgan fingerprint density at radius 1 is 0.806 bits per heavy atom. The summed E-state index contributed by atoms with van der Waals surface area (Å²) in [5, 5.41) is 8.90. The zero-order valence-electron chi connectivity index (χ0n) is 16.4. The van der Waals surface area contributed by atoms with Crippen LogP contribution in [0.5, 0.6) is 0 Å². The van der Waals surface area contributed by atoms with Crippen LogP contribution in [0.2, 0.25) is 0 Å². The van der Waals surface area contributed by atoms with Crippen molar-refractivity contribution in [2.75, 3.05) is 0 Å². The summed E-state index contributed by atoms with van der Waals surface area (Å²) in [6, 6.07) is 26.5. The fraction of sp³-hybridized carbons (Fsp3) is 0.0400. The fourth-order valence-electron chi connectivity index (χ4n) is 3.65. The van der Waals surface area contributed by atoms with Crippen molar-refractivity contribution in [3.63, 3.8) is 0 Å². The highest BCUT2D eigenvalue weighted by molar-refractivity contribution is 7.07. The topological polar surface area (TPSA) is 63.8 Å². The molecule has 0 spiro atoms. The molecule has 0 saturated heterocycles. The van der Waals surface area contributed by atoms with Crippen molar-refractivity contribution in [2.24, 2.45) is 10.2 Å². The lowest BCUT2D eigenvalue weighted by molar-refractivity contribution is 0.112. The van der Waals surface area contributed by atoms with Crippen molar-refractivity contribution in [1.82, 2.24) is 4.57 Å². The van der Waals surface area contributed by atoms with Gasteiger partial charge < -0.3 is 0 Å². The minimum absolute atomic E-state index is 0.111. The third-order valence-electron chi connectivity index (χ3n) is 5.15. The molecule has 2 heterocycles. The molecular weight excluding hydrogens is 406 g/mol. The van der Waals surface area contributed by atoms with E-state index in [0.29, 0.717) is 14.9 Å². The number of thiazole rings is 1. The van der Waals surface area contributed by atoms with Crippen molar-refractivity contribution in [3.8, 4) is 0 Å². The zero-order chi connectivity index (χ0) is 21.2. The highest BCUT2D eigenvalue weighted by Gasteiger charge is 2.28.